The number of anilines is 1. The molecule has 0 atom stereocenters. The Morgan fingerprint density at radius 2 is 2.06 bits per heavy atom. The van der Waals surface area contributed by atoms with E-state index in [4.69, 9.17) is 11.6 Å². The van der Waals surface area contributed by atoms with Crippen LogP contribution in [0.4, 0.5) is 5.82 Å². The molecule has 1 saturated carbocycles. The van der Waals surface area contributed by atoms with Crippen LogP contribution in [0.15, 0.2) is 24.5 Å². The van der Waals surface area contributed by atoms with Gasteiger partial charge in [0.05, 0.1) is 5.54 Å². The van der Waals surface area contributed by atoms with Gasteiger partial charge in [-0.15, -0.1) is 11.6 Å². The monoisotopic (exact) mass is 248 g/mol. The van der Waals surface area contributed by atoms with Crippen molar-refractivity contribution < 1.29 is 0 Å². The van der Waals surface area contributed by atoms with Crippen molar-refractivity contribution >= 4 is 28.6 Å². The molecule has 0 bridgehead atoms. The maximum absolute atomic E-state index is 6.01. The van der Waals surface area contributed by atoms with E-state index in [2.05, 4.69) is 20.3 Å². The summed E-state index contributed by atoms with van der Waals surface area (Å²) in [5, 5.41) is 3.42. The normalized spacial score (nSPS) is 17.7. The van der Waals surface area contributed by atoms with Crippen LogP contribution in [0.5, 0.6) is 0 Å². The molecule has 88 valence electrons. The molecule has 1 aliphatic carbocycles. The number of halogens is 1. The summed E-state index contributed by atoms with van der Waals surface area (Å²) < 4.78 is 0. The predicted molar refractivity (Wildman–Crippen MR) is 68.3 cm³/mol. The van der Waals surface area contributed by atoms with Crippen molar-refractivity contribution in [1.82, 2.24) is 15.0 Å². The summed E-state index contributed by atoms with van der Waals surface area (Å²) in [5.41, 5.74) is 1.51. The molecule has 2 heterocycles. The van der Waals surface area contributed by atoms with E-state index in [-0.39, 0.29) is 5.54 Å². The second kappa shape index (κ2) is 4.11. The molecule has 5 heteroatoms. The summed E-state index contributed by atoms with van der Waals surface area (Å²) in [5.74, 6) is 1.45. The second-order valence-corrected chi connectivity index (χ2v) is 4.76. The Balaban J connectivity index is 1.90. The largest absolute Gasteiger partial charge is 0.363 e. The third-order valence-corrected chi connectivity index (χ3v) is 3.80. The zero-order chi connectivity index (χ0) is 11.7. The SMILES string of the molecule is ClCC1(Nc2ccc3nccnc3n2)CCC1. The summed E-state index contributed by atoms with van der Waals surface area (Å²) in [4.78, 5) is 12.8. The molecule has 0 spiro atoms. The zero-order valence-corrected chi connectivity index (χ0v) is 10.1. The molecule has 2 aromatic heterocycles. The average Bonchev–Trinajstić information content (AvgIpc) is 2.34. The molecule has 0 unspecified atom stereocenters. The molecule has 4 nitrogen and oxygen atoms in total. The zero-order valence-electron chi connectivity index (χ0n) is 9.36. The minimum Gasteiger partial charge on any atom is -0.363 e. The molecule has 0 saturated heterocycles. The molecule has 0 aliphatic heterocycles. The van der Waals surface area contributed by atoms with Gasteiger partial charge in [-0.1, -0.05) is 0 Å². The third kappa shape index (κ3) is 1.93. The number of pyridine rings is 1. The van der Waals surface area contributed by atoms with Crippen molar-refractivity contribution in [3.63, 3.8) is 0 Å². The van der Waals surface area contributed by atoms with Gasteiger partial charge < -0.3 is 5.32 Å². The van der Waals surface area contributed by atoms with E-state index >= 15 is 0 Å². The Morgan fingerprint density at radius 1 is 1.24 bits per heavy atom. The van der Waals surface area contributed by atoms with Crippen LogP contribution in [0.2, 0.25) is 0 Å². The Bertz CT molecular complexity index is 533. The average molecular weight is 249 g/mol. The number of aromatic nitrogens is 3. The Hall–Kier alpha value is -1.42. The lowest BCUT2D eigenvalue weighted by Gasteiger charge is -2.41. The lowest BCUT2D eigenvalue weighted by molar-refractivity contribution is 0.310. The second-order valence-electron chi connectivity index (χ2n) is 4.49. The maximum Gasteiger partial charge on any atom is 0.180 e. The van der Waals surface area contributed by atoms with E-state index in [1.54, 1.807) is 12.4 Å². The first-order chi connectivity index (χ1) is 8.31. The van der Waals surface area contributed by atoms with Crippen LogP contribution >= 0.6 is 11.6 Å². The molecule has 2 aromatic rings. The molecular weight excluding hydrogens is 236 g/mol. The third-order valence-electron chi connectivity index (χ3n) is 3.29. The quantitative estimate of drug-likeness (QED) is 0.849. The van der Waals surface area contributed by atoms with Gasteiger partial charge in [0.25, 0.3) is 0 Å². The standard InChI is InChI=1S/C12H13ClN4/c13-8-12(4-1-5-12)17-10-3-2-9-11(16-10)15-7-6-14-9/h2-3,6-7H,1,4-5,8H2,(H,15,16,17). The van der Waals surface area contributed by atoms with Crippen LogP contribution in [0.1, 0.15) is 19.3 Å². The fraction of sp³-hybridized carbons (Fsp3) is 0.417. The van der Waals surface area contributed by atoms with Gasteiger partial charge in [0.15, 0.2) is 5.65 Å². The van der Waals surface area contributed by atoms with E-state index in [1.807, 2.05) is 12.1 Å². The molecule has 1 N–H and O–H groups in total. The van der Waals surface area contributed by atoms with Crippen molar-refractivity contribution in [2.45, 2.75) is 24.8 Å². The molecule has 0 radical (unpaired) electrons. The predicted octanol–water partition coefficient (Wildman–Crippen LogP) is 2.60. The van der Waals surface area contributed by atoms with E-state index in [0.717, 1.165) is 24.2 Å². The van der Waals surface area contributed by atoms with Crippen molar-refractivity contribution in [1.29, 1.82) is 0 Å². The molecule has 1 aliphatic rings. The van der Waals surface area contributed by atoms with Crippen molar-refractivity contribution in [3.05, 3.63) is 24.5 Å². The van der Waals surface area contributed by atoms with Gasteiger partial charge in [-0.2, -0.15) is 0 Å². The van der Waals surface area contributed by atoms with Crippen LogP contribution in [0.25, 0.3) is 11.2 Å². The Labute approximate surface area is 104 Å². The molecule has 0 aromatic carbocycles. The first-order valence-electron chi connectivity index (χ1n) is 5.73. The number of rotatable bonds is 3. The first-order valence-corrected chi connectivity index (χ1v) is 6.27. The van der Waals surface area contributed by atoms with Gasteiger partial charge >= 0.3 is 0 Å². The number of fused-ring (bicyclic) bond motifs is 1. The molecule has 17 heavy (non-hydrogen) atoms. The van der Waals surface area contributed by atoms with Gasteiger partial charge in [-0.25, -0.2) is 9.97 Å². The molecule has 0 amide bonds. The Kier molecular flexibility index (Phi) is 2.59. The molecule has 1 fully saturated rings. The smallest absolute Gasteiger partial charge is 0.180 e. The lowest BCUT2D eigenvalue weighted by Crippen LogP contribution is -2.47. The number of hydrogen-bond acceptors (Lipinski definition) is 4. The van der Waals surface area contributed by atoms with Crippen LogP contribution in [-0.4, -0.2) is 26.4 Å². The highest BCUT2D eigenvalue weighted by atomic mass is 35.5. The number of nitrogens with zero attached hydrogens (tertiary/aromatic N) is 3. The van der Waals surface area contributed by atoms with Crippen LogP contribution in [-0.2, 0) is 0 Å². The minimum atomic E-state index is 0.0322. The summed E-state index contributed by atoms with van der Waals surface area (Å²) in [6.45, 7) is 0. The van der Waals surface area contributed by atoms with Crippen molar-refractivity contribution in [3.8, 4) is 0 Å². The molecule has 3 rings (SSSR count). The molecular formula is C12H13ClN4. The van der Waals surface area contributed by atoms with Crippen LogP contribution in [0, 0.1) is 0 Å². The van der Waals surface area contributed by atoms with Crippen LogP contribution in [0.3, 0.4) is 0 Å². The van der Waals surface area contributed by atoms with E-state index in [1.165, 1.54) is 6.42 Å². The van der Waals surface area contributed by atoms with Crippen molar-refractivity contribution in [2.24, 2.45) is 0 Å². The summed E-state index contributed by atoms with van der Waals surface area (Å²) in [7, 11) is 0. The highest BCUT2D eigenvalue weighted by Crippen LogP contribution is 2.35. The lowest BCUT2D eigenvalue weighted by atomic mass is 9.78. The fourth-order valence-corrected chi connectivity index (χ4v) is 2.43. The van der Waals surface area contributed by atoms with Gasteiger partial charge in [-0.05, 0) is 31.4 Å². The number of alkyl halides is 1. The summed E-state index contributed by atoms with van der Waals surface area (Å²) in [6, 6.07) is 3.86. The van der Waals surface area contributed by atoms with Crippen LogP contribution < -0.4 is 5.32 Å². The first kappa shape index (κ1) is 10.7. The van der Waals surface area contributed by atoms with E-state index in [0.29, 0.717) is 11.5 Å². The maximum atomic E-state index is 6.01. The number of hydrogen-bond donors (Lipinski definition) is 1. The Morgan fingerprint density at radius 3 is 2.76 bits per heavy atom. The topological polar surface area (TPSA) is 50.7 Å². The van der Waals surface area contributed by atoms with Gasteiger partial charge in [0.2, 0.25) is 0 Å². The van der Waals surface area contributed by atoms with Gasteiger partial charge in [-0.3, -0.25) is 4.98 Å². The summed E-state index contributed by atoms with van der Waals surface area (Å²) >= 11 is 6.01. The van der Waals surface area contributed by atoms with Crippen molar-refractivity contribution in [2.75, 3.05) is 11.2 Å². The van der Waals surface area contributed by atoms with E-state index < -0.39 is 0 Å². The summed E-state index contributed by atoms with van der Waals surface area (Å²) in [6.07, 6.45) is 6.77. The van der Waals surface area contributed by atoms with Gasteiger partial charge in [0.1, 0.15) is 11.3 Å². The van der Waals surface area contributed by atoms with Gasteiger partial charge in [0, 0.05) is 18.3 Å². The highest BCUT2D eigenvalue weighted by Gasteiger charge is 2.36. The number of nitrogens with one attached hydrogen (secondary N) is 1. The highest BCUT2D eigenvalue weighted by molar-refractivity contribution is 6.19. The van der Waals surface area contributed by atoms with E-state index in [9.17, 15) is 0 Å². The fourth-order valence-electron chi connectivity index (χ4n) is 2.09. The minimum absolute atomic E-state index is 0.0322.